The minimum Gasteiger partial charge on any atom is -0.371 e. The van der Waals surface area contributed by atoms with E-state index in [4.69, 9.17) is 16.3 Å². The molecule has 1 heterocycles. The Hall–Kier alpha value is -1.15. The molecule has 0 aromatic heterocycles. The van der Waals surface area contributed by atoms with Crippen LogP contribution in [0.1, 0.15) is 28.9 Å². The van der Waals surface area contributed by atoms with E-state index in [0.717, 1.165) is 17.8 Å². The van der Waals surface area contributed by atoms with Crippen LogP contribution >= 0.6 is 34.2 Å². The maximum absolute atomic E-state index is 12.2. The van der Waals surface area contributed by atoms with Gasteiger partial charge in [0.15, 0.2) is 0 Å². The molecule has 0 aliphatic carbocycles. The number of benzene rings is 2. The number of hydrogen-bond donors (Lipinski definition) is 2. The molecular weight excluding hydrogens is 451 g/mol. The summed E-state index contributed by atoms with van der Waals surface area (Å²) < 4.78 is 5.82. The molecule has 0 unspecified atom stereocenters. The Bertz CT molecular complexity index is 686. The van der Waals surface area contributed by atoms with Crippen molar-refractivity contribution in [2.45, 2.75) is 19.1 Å². The summed E-state index contributed by atoms with van der Waals surface area (Å²) in [5.74, 6) is -0.176. The molecule has 4 nitrogen and oxygen atoms in total. The van der Waals surface area contributed by atoms with E-state index in [1.807, 2.05) is 29.2 Å². The number of morpholine rings is 1. The van der Waals surface area contributed by atoms with Gasteiger partial charge in [-0.2, -0.15) is 0 Å². The Balaban J connectivity index is 0.00000109. The van der Waals surface area contributed by atoms with Crippen molar-refractivity contribution in [1.29, 1.82) is 0 Å². The van der Waals surface area contributed by atoms with Crippen LogP contribution in [0.15, 0.2) is 48.5 Å². The monoisotopic (exact) mass is 472 g/mol. The van der Waals surface area contributed by atoms with Gasteiger partial charge < -0.3 is 15.4 Å². The van der Waals surface area contributed by atoms with Gasteiger partial charge in [0.2, 0.25) is 0 Å². The summed E-state index contributed by atoms with van der Waals surface area (Å²) in [5, 5.41) is 6.81. The van der Waals surface area contributed by atoms with E-state index < -0.39 is 0 Å². The van der Waals surface area contributed by atoms with Crippen molar-refractivity contribution in [3.63, 3.8) is 0 Å². The molecule has 25 heavy (non-hydrogen) atoms. The number of halogens is 2. The predicted molar refractivity (Wildman–Crippen MR) is 112 cm³/mol. The molecule has 1 fully saturated rings. The topological polar surface area (TPSA) is 50.4 Å². The first kappa shape index (κ1) is 20.2. The number of amides is 1. The molecule has 2 aromatic carbocycles. The van der Waals surface area contributed by atoms with Crippen molar-refractivity contribution in [3.8, 4) is 0 Å². The van der Waals surface area contributed by atoms with Crippen LogP contribution in [0.5, 0.6) is 0 Å². The summed E-state index contributed by atoms with van der Waals surface area (Å²) >= 11 is 8.06. The van der Waals surface area contributed by atoms with Crippen molar-refractivity contribution in [1.82, 2.24) is 5.32 Å². The Morgan fingerprint density at radius 1 is 1.24 bits per heavy atom. The number of carbonyl (C=O) groups is 1. The second kappa shape index (κ2) is 10.1. The van der Waals surface area contributed by atoms with E-state index in [9.17, 15) is 4.79 Å². The minimum absolute atomic E-state index is 0.0591. The molecule has 0 saturated carbocycles. The lowest BCUT2D eigenvalue weighted by Crippen LogP contribution is -2.40. The Morgan fingerprint density at radius 3 is 2.56 bits per heavy atom. The average Bonchev–Trinajstić information content (AvgIpc) is 2.65. The molecule has 1 amide bonds. The van der Waals surface area contributed by atoms with Gasteiger partial charge in [0, 0.05) is 28.9 Å². The standard InChI is InChI=1S/C18H19ClN2O2.CH3I/c1-12-11-23-17(10-20-12)13-5-7-16(8-6-13)21-18(22)14-3-2-4-15(19)9-14;1-2/h2-9,12,17,20H,10-11H2,1H3,(H,21,22);1H3/t12-,17+;/m0./s1. The van der Waals surface area contributed by atoms with Crippen LogP contribution in [-0.2, 0) is 4.74 Å². The third-order valence-corrected chi connectivity index (χ3v) is 4.06. The van der Waals surface area contributed by atoms with Gasteiger partial charge in [-0.25, -0.2) is 0 Å². The zero-order chi connectivity index (χ0) is 18.2. The molecule has 1 aliphatic rings. The van der Waals surface area contributed by atoms with Crippen molar-refractivity contribution >= 4 is 45.8 Å². The summed E-state index contributed by atoms with van der Waals surface area (Å²) in [5.41, 5.74) is 2.39. The van der Waals surface area contributed by atoms with Crippen LogP contribution < -0.4 is 10.6 Å². The Kier molecular flexibility index (Phi) is 8.15. The van der Waals surface area contributed by atoms with Crippen LogP contribution in [0.4, 0.5) is 5.69 Å². The highest BCUT2D eigenvalue weighted by Gasteiger charge is 2.19. The summed E-state index contributed by atoms with van der Waals surface area (Å²) in [6, 6.07) is 15.0. The zero-order valence-electron chi connectivity index (χ0n) is 14.3. The fourth-order valence-corrected chi connectivity index (χ4v) is 2.71. The number of ether oxygens (including phenoxy) is 1. The fourth-order valence-electron chi connectivity index (χ4n) is 2.51. The van der Waals surface area contributed by atoms with Gasteiger partial charge in [-0.1, -0.05) is 52.4 Å². The molecule has 2 atom stereocenters. The maximum atomic E-state index is 12.2. The zero-order valence-corrected chi connectivity index (χ0v) is 17.2. The summed E-state index contributed by atoms with van der Waals surface area (Å²) in [6.45, 7) is 3.61. The van der Waals surface area contributed by atoms with Gasteiger partial charge in [0.25, 0.3) is 5.91 Å². The first-order chi connectivity index (χ1) is 12.1. The quantitative estimate of drug-likeness (QED) is 0.503. The lowest BCUT2D eigenvalue weighted by Gasteiger charge is -2.28. The molecule has 2 aromatic rings. The molecule has 3 rings (SSSR count). The molecule has 1 aliphatic heterocycles. The molecule has 0 spiro atoms. The van der Waals surface area contributed by atoms with Gasteiger partial charge >= 0.3 is 0 Å². The normalized spacial score (nSPS) is 19.5. The maximum Gasteiger partial charge on any atom is 0.255 e. The van der Waals surface area contributed by atoms with E-state index in [1.165, 1.54) is 0 Å². The number of carbonyl (C=O) groups excluding carboxylic acids is 1. The molecule has 134 valence electrons. The van der Waals surface area contributed by atoms with Gasteiger partial charge in [-0.15, -0.1) is 0 Å². The van der Waals surface area contributed by atoms with Crippen LogP contribution in [-0.4, -0.2) is 30.0 Å². The van der Waals surface area contributed by atoms with E-state index in [2.05, 4.69) is 40.1 Å². The molecular formula is C19H22ClIN2O2. The van der Waals surface area contributed by atoms with E-state index in [0.29, 0.717) is 23.2 Å². The number of rotatable bonds is 3. The van der Waals surface area contributed by atoms with Crippen molar-refractivity contribution < 1.29 is 9.53 Å². The third kappa shape index (κ3) is 5.95. The van der Waals surface area contributed by atoms with Crippen LogP contribution in [0.2, 0.25) is 5.02 Å². The largest absolute Gasteiger partial charge is 0.371 e. The third-order valence-electron chi connectivity index (χ3n) is 3.83. The summed E-state index contributed by atoms with van der Waals surface area (Å²) in [7, 11) is 0. The number of nitrogens with one attached hydrogen (secondary N) is 2. The van der Waals surface area contributed by atoms with E-state index in [-0.39, 0.29) is 12.0 Å². The van der Waals surface area contributed by atoms with Crippen LogP contribution in [0, 0.1) is 0 Å². The van der Waals surface area contributed by atoms with Gasteiger partial charge in [-0.05, 0) is 47.7 Å². The van der Waals surface area contributed by atoms with Crippen molar-refractivity contribution in [2.24, 2.45) is 0 Å². The molecule has 0 bridgehead atoms. The highest BCUT2D eigenvalue weighted by molar-refractivity contribution is 14.1. The van der Waals surface area contributed by atoms with Gasteiger partial charge in [0.05, 0.1) is 12.7 Å². The number of hydrogen-bond acceptors (Lipinski definition) is 3. The summed E-state index contributed by atoms with van der Waals surface area (Å²) in [4.78, 5) is 14.2. The van der Waals surface area contributed by atoms with Crippen molar-refractivity contribution in [2.75, 3.05) is 23.4 Å². The van der Waals surface area contributed by atoms with Crippen LogP contribution in [0.3, 0.4) is 0 Å². The van der Waals surface area contributed by atoms with Crippen LogP contribution in [0.25, 0.3) is 0 Å². The molecule has 2 N–H and O–H groups in total. The Morgan fingerprint density at radius 2 is 1.96 bits per heavy atom. The molecule has 6 heteroatoms. The second-order valence-corrected chi connectivity index (χ2v) is 6.15. The number of anilines is 1. The fraction of sp³-hybridized carbons (Fsp3) is 0.316. The first-order valence-corrected chi connectivity index (χ1v) is 10.5. The number of alkyl halides is 1. The second-order valence-electron chi connectivity index (χ2n) is 5.72. The van der Waals surface area contributed by atoms with E-state index >= 15 is 0 Å². The molecule has 1 saturated heterocycles. The predicted octanol–water partition coefficient (Wildman–Crippen LogP) is 4.69. The lowest BCUT2D eigenvalue weighted by atomic mass is 10.1. The lowest BCUT2D eigenvalue weighted by molar-refractivity contribution is 0.00696. The average molecular weight is 473 g/mol. The smallest absolute Gasteiger partial charge is 0.255 e. The highest BCUT2D eigenvalue weighted by Crippen LogP contribution is 2.22. The molecule has 0 radical (unpaired) electrons. The highest BCUT2D eigenvalue weighted by atomic mass is 127. The first-order valence-electron chi connectivity index (χ1n) is 8.01. The van der Waals surface area contributed by atoms with Crippen molar-refractivity contribution in [3.05, 3.63) is 64.7 Å². The summed E-state index contributed by atoms with van der Waals surface area (Å²) in [6.07, 6.45) is 0.0591. The van der Waals surface area contributed by atoms with Gasteiger partial charge in [0.1, 0.15) is 0 Å². The van der Waals surface area contributed by atoms with Gasteiger partial charge in [-0.3, -0.25) is 4.79 Å². The van der Waals surface area contributed by atoms with E-state index in [1.54, 1.807) is 24.3 Å². The Labute approximate surface area is 167 Å². The SMILES string of the molecule is CI.C[C@H]1CO[C@@H](c2ccc(NC(=O)c3cccc(Cl)c3)cc2)CN1. The minimum atomic E-state index is -0.176.